The Morgan fingerprint density at radius 3 is 2.88 bits per heavy atom. The van der Waals surface area contributed by atoms with E-state index in [2.05, 4.69) is 10.0 Å². The summed E-state index contributed by atoms with van der Waals surface area (Å²) in [5.41, 5.74) is 0.541. The minimum atomic E-state index is -3.80. The molecule has 7 nitrogen and oxygen atoms in total. The molecule has 2 N–H and O–H groups in total. The van der Waals surface area contributed by atoms with Crippen molar-refractivity contribution in [2.75, 3.05) is 18.4 Å². The van der Waals surface area contributed by atoms with Crippen LogP contribution in [0.15, 0.2) is 45.9 Å². The number of sulfonamides is 1. The van der Waals surface area contributed by atoms with Gasteiger partial charge in [-0.25, -0.2) is 13.1 Å². The maximum atomic E-state index is 12.6. The minimum Gasteiger partial charge on any atom is -0.449 e. The SMILES string of the molecule is N#CN1CCC(NS(=O)(=O)c2cc(Nc3ccco3)ccc2Cl)C1. The van der Waals surface area contributed by atoms with Crippen LogP contribution < -0.4 is 10.0 Å². The van der Waals surface area contributed by atoms with Crippen molar-refractivity contribution in [1.82, 2.24) is 9.62 Å². The lowest BCUT2D eigenvalue weighted by Gasteiger charge is -2.14. The van der Waals surface area contributed by atoms with E-state index in [0.717, 1.165) is 0 Å². The first-order chi connectivity index (χ1) is 11.5. The smallest absolute Gasteiger partial charge is 0.242 e. The zero-order chi connectivity index (χ0) is 17.2. The number of halogens is 1. The van der Waals surface area contributed by atoms with Crippen LogP contribution in [0.5, 0.6) is 0 Å². The largest absolute Gasteiger partial charge is 0.449 e. The van der Waals surface area contributed by atoms with Crippen molar-refractivity contribution in [3.8, 4) is 6.19 Å². The van der Waals surface area contributed by atoms with Crippen LogP contribution in [0, 0.1) is 11.5 Å². The van der Waals surface area contributed by atoms with E-state index >= 15 is 0 Å². The summed E-state index contributed by atoms with van der Waals surface area (Å²) in [5.74, 6) is 0.495. The van der Waals surface area contributed by atoms with Crippen LogP contribution >= 0.6 is 11.6 Å². The highest BCUT2D eigenvalue weighted by Crippen LogP contribution is 2.27. The van der Waals surface area contributed by atoms with E-state index in [0.29, 0.717) is 31.1 Å². The van der Waals surface area contributed by atoms with Crippen molar-refractivity contribution in [2.45, 2.75) is 17.4 Å². The molecule has 1 fully saturated rings. The molecule has 0 bridgehead atoms. The Balaban J connectivity index is 1.80. The second kappa shape index (κ2) is 6.73. The molecule has 1 atom stereocenters. The number of nitrogens with one attached hydrogen (secondary N) is 2. The molecule has 2 heterocycles. The van der Waals surface area contributed by atoms with Gasteiger partial charge in [0.05, 0.1) is 11.3 Å². The molecule has 0 amide bonds. The molecule has 1 unspecified atom stereocenters. The number of furan rings is 1. The lowest BCUT2D eigenvalue weighted by atomic mass is 10.3. The van der Waals surface area contributed by atoms with Gasteiger partial charge in [0.25, 0.3) is 0 Å². The Morgan fingerprint density at radius 1 is 1.38 bits per heavy atom. The highest BCUT2D eigenvalue weighted by molar-refractivity contribution is 7.89. The van der Waals surface area contributed by atoms with Crippen molar-refractivity contribution < 1.29 is 12.8 Å². The molecule has 2 aromatic rings. The number of nitrogens with zero attached hydrogens (tertiary/aromatic N) is 2. The molecule has 1 aliphatic heterocycles. The normalized spacial score (nSPS) is 17.7. The Labute approximate surface area is 144 Å². The van der Waals surface area contributed by atoms with Crippen molar-refractivity contribution in [3.63, 3.8) is 0 Å². The first-order valence-corrected chi connectivity index (χ1v) is 9.11. The monoisotopic (exact) mass is 366 g/mol. The number of hydrogen-bond acceptors (Lipinski definition) is 6. The highest BCUT2D eigenvalue weighted by Gasteiger charge is 2.28. The number of hydrogen-bond donors (Lipinski definition) is 2. The van der Waals surface area contributed by atoms with Gasteiger partial charge in [-0.05, 0) is 30.7 Å². The predicted octanol–water partition coefficient (Wildman–Crippen LogP) is 2.51. The van der Waals surface area contributed by atoms with Crippen LogP contribution in [0.3, 0.4) is 0 Å². The van der Waals surface area contributed by atoms with Crippen LogP contribution in [0.25, 0.3) is 0 Å². The first kappa shape index (κ1) is 16.6. The van der Waals surface area contributed by atoms with E-state index in [4.69, 9.17) is 21.3 Å². The van der Waals surface area contributed by atoms with E-state index < -0.39 is 10.0 Å². The summed E-state index contributed by atoms with van der Waals surface area (Å²) in [4.78, 5) is 1.50. The second-order valence-corrected chi connectivity index (χ2v) is 7.49. The Bertz CT molecular complexity index is 861. The molecule has 0 saturated carbocycles. The van der Waals surface area contributed by atoms with Gasteiger partial charge in [0, 0.05) is 30.9 Å². The summed E-state index contributed by atoms with van der Waals surface area (Å²) >= 11 is 6.07. The molecule has 1 aromatic carbocycles. The Kier molecular flexibility index (Phi) is 4.66. The van der Waals surface area contributed by atoms with E-state index in [1.165, 1.54) is 23.3 Å². The van der Waals surface area contributed by atoms with E-state index in [1.807, 2.05) is 6.19 Å². The van der Waals surface area contributed by atoms with Crippen molar-refractivity contribution in [1.29, 1.82) is 5.26 Å². The average Bonchev–Trinajstić information content (AvgIpc) is 3.20. The number of benzene rings is 1. The van der Waals surface area contributed by atoms with Crippen LogP contribution in [0.2, 0.25) is 5.02 Å². The minimum absolute atomic E-state index is 0.0175. The summed E-state index contributed by atoms with van der Waals surface area (Å²) in [7, 11) is -3.80. The third-order valence-corrected chi connectivity index (χ3v) is 5.66. The zero-order valence-electron chi connectivity index (χ0n) is 12.6. The van der Waals surface area contributed by atoms with Crippen LogP contribution in [0.4, 0.5) is 11.6 Å². The fourth-order valence-corrected chi connectivity index (χ4v) is 4.30. The second-order valence-electron chi connectivity index (χ2n) is 5.40. The van der Waals surface area contributed by atoms with Crippen molar-refractivity contribution in [2.24, 2.45) is 0 Å². The molecule has 0 spiro atoms. The number of rotatable bonds is 5. The van der Waals surface area contributed by atoms with E-state index in [9.17, 15) is 8.42 Å². The summed E-state index contributed by atoms with van der Waals surface area (Å²) in [6, 6.07) is 7.75. The van der Waals surface area contributed by atoms with Gasteiger partial charge in [0.1, 0.15) is 4.90 Å². The molecule has 24 heavy (non-hydrogen) atoms. The molecular formula is C15H15ClN4O3S. The number of nitriles is 1. The molecule has 0 radical (unpaired) electrons. The lowest BCUT2D eigenvalue weighted by molar-refractivity contribution is 0.470. The van der Waals surface area contributed by atoms with Gasteiger partial charge in [-0.3, -0.25) is 0 Å². The molecule has 0 aliphatic carbocycles. The van der Waals surface area contributed by atoms with Crippen molar-refractivity contribution >= 4 is 33.2 Å². The molecular weight excluding hydrogens is 352 g/mol. The van der Waals surface area contributed by atoms with Gasteiger partial charge in [-0.1, -0.05) is 11.6 Å². The molecule has 3 rings (SSSR count). The van der Waals surface area contributed by atoms with Gasteiger partial charge in [0.2, 0.25) is 10.0 Å². The fourth-order valence-electron chi connectivity index (χ4n) is 2.51. The van der Waals surface area contributed by atoms with Gasteiger partial charge < -0.3 is 14.6 Å². The number of likely N-dealkylation sites (tertiary alicyclic amines) is 1. The third kappa shape index (κ3) is 3.64. The van der Waals surface area contributed by atoms with Crippen LogP contribution in [-0.2, 0) is 10.0 Å². The molecule has 1 aromatic heterocycles. The first-order valence-electron chi connectivity index (χ1n) is 7.25. The maximum Gasteiger partial charge on any atom is 0.242 e. The Morgan fingerprint density at radius 2 is 2.21 bits per heavy atom. The molecule has 1 aliphatic rings. The van der Waals surface area contributed by atoms with Gasteiger partial charge in [-0.15, -0.1) is 0 Å². The molecule has 9 heteroatoms. The fraction of sp³-hybridized carbons (Fsp3) is 0.267. The average molecular weight is 367 g/mol. The van der Waals surface area contributed by atoms with Crippen LogP contribution in [0.1, 0.15) is 6.42 Å². The lowest BCUT2D eigenvalue weighted by Crippen LogP contribution is -2.36. The van der Waals surface area contributed by atoms with Gasteiger partial charge >= 0.3 is 0 Å². The van der Waals surface area contributed by atoms with Crippen LogP contribution in [-0.4, -0.2) is 32.4 Å². The zero-order valence-corrected chi connectivity index (χ0v) is 14.1. The van der Waals surface area contributed by atoms with E-state index in [-0.39, 0.29) is 16.0 Å². The predicted molar refractivity (Wildman–Crippen MR) is 89.4 cm³/mol. The van der Waals surface area contributed by atoms with Gasteiger partial charge in [-0.2, -0.15) is 5.26 Å². The standard InChI is InChI=1S/C15H15ClN4O3S/c16-13-4-3-11(18-15-2-1-7-23-15)8-14(13)24(21,22)19-12-5-6-20(9-12)10-17/h1-4,7-8,12,18-19H,5-6,9H2. The summed E-state index contributed by atoms with van der Waals surface area (Å²) in [5, 5.41) is 12.0. The quantitative estimate of drug-likeness (QED) is 0.789. The summed E-state index contributed by atoms with van der Waals surface area (Å²) in [6.07, 6.45) is 4.11. The van der Waals surface area contributed by atoms with Gasteiger partial charge in [0.15, 0.2) is 12.1 Å². The Hall–Kier alpha value is -2.21. The number of anilines is 2. The highest BCUT2D eigenvalue weighted by atomic mass is 35.5. The third-order valence-electron chi connectivity index (χ3n) is 3.66. The maximum absolute atomic E-state index is 12.6. The molecule has 1 saturated heterocycles. The van der Waals surface area contributed by atoms with Crippen molar-refractivity contribution in [3.05, 3.63) is 41.6 Å². The summed E-state index contributed by atoms with van der Waals surface area (Å²) < 4.78 is 33.0. The topological polar surface area (TPSA) is 98.4 Å². The summed E-state index contributed by atoms with van der Waals surface area (Å²) in [6.45, 7) is 0.898. The van der Waals surface area contributed by atoms with E-state index in [1.54, 1.807) is 18.2 Å². The molecule has 126 valence electrons.